The van der Waals surface area contributed by atoms with Crippen molar-refractivity contribution in [3.63, 3.8) is 0 Å². The summed E-state index contributed by atoms with van der Waals surface area (Å²) in [4.78, 5) is 11.1. The van der Waals surface area contributed by atoms with Gasteiger partial charge in [0.2, 0.25) is 0 Å². The first-order chi connectivity index (χ1) is 7.96. The fraction of sp³-hybridized carbons (Fsp3) is 0.615. The number of hydrogen-bond acceptors (Lipinski definition) is 3. The number of carbonyl (C=O) groups is 1. The van der Waals surface area contributed by atoms with Crippen molar-refractivity contribution in [1.82, 2.24) is 0 Å². The minimum absolute atomic E-state index is 0.121. The molecule has 2 aliphatic rings. The fourth-order valence-electron chi connectivity index (χ4n) is 2.33. The van der Waals surface area contributed by atoms with Gasteiger partial charge < -0.3 is 9.16 Å². The predicted octanol–water partition coefficient (Wildman–Crippen LogP) is 2.66. The molecule has 2 rings (SSSR count). The second-order valence-corrected chi connectivity index (χ2v) is 10.1. The van der Waals surface area contributed by atoms with Gasteiger partial charge in [0.1, 0.15) is 6.61 Å². The summed E-state index contributed by atoms with van der Waals surface area (Å²) in [6, 6.07) is 0. The van der Waals surface area contributed by atoms with E-state index in [0.717, 1.165) is 18.4 Å². The average molecular weight is 252 g/mol. The highest BCUT2D eigenvalue weighted by molar-refractivity contribution is 6.69. The first kappa shape index (κ1) is 12.6. The Balaban J connectivity index is 2.12. The zero-order chi connectivity index (χ0) is 12.5. The molecule has 0 amide bonds. The van der Waals surface area contributed by atoms with Crippen LogP contribution >= 0.6 is 0 Å². The van der Waals surface area contributed by atoms with Crippen LogP contribution in [0.15, 0.2) is 23.8 Å². The van der Waals surface area contributed by atoms with Crippen LogP contribution in [-0.2, 0) is 14.0 Å². The third-order valence-electron chi connectivity index (χ3n) is 3.02. The SMILES string of the molecule is C[Si](C)(C)OC1C=CCCC1C1=CC(=O)OC1. The molecule has 1 aliphatic heterocycles. The van der Waals surface area contributed by atoms with Crippen LogP contribution in [0.1, 0.15) is 12.8 Å². The van der Waals surface area contributed by atoms with Gasteiger partial charge in [-0.2, -0.15) is 0 Å². The van der Waals surface area contributed by atoms with Gasteiger partial charge in [0, 0.05) is 12.0 Å². The molecule has 0 bridgehead atoms. The van der Waals surface area contributed by atoms with Gasteiger partial charge in [-0.25, -0.2) is 4.79 Å². The summed E-state index contributed by atoms with van der Waals surface area (Å²) in [5, 5.41) is 0. The van der Waals surface area contributed by atoms with Gasteiger partial charge in [-0.1, -0.05) is 12.2 Å². The van der Waals surface area contributed by atoms with E-state index in [1.165, 1.54) is 0 Å². The Morgan fingerprint density at radius 3 is 2.76 bits per heavy atom. The Bertz CT molecular complexity index is 365. The second kappa shape index (κ2) is 4.78. The Morgan fingerprint density at radius 2 is 2.18 bits per heavy atom. The van der Waals surface area contributed by atoms with Crippen molar-refractivity contribution < 1.29 is 14.0 Å². The highest BCUT2D eigenvalue weighted by Gasteiger charge is 2.32. The summed E-state index contributed by atoms with van der Waals surface area (Å²) in [6.45, 7) is 7.02. The third kappa shape index (κ3) is 3.29. The van der Waals surface area contributed by atoms with Crippen LogP contribution in [0.4, 0.5) is 0 Å². The Hall–Kier alpha value is -0.873. The molecular weight excluding hydrogens is 232 g/mol. The van der Waals surface area contributed by atoms with Crippen molar-refractivity contribution >= 4 is 14.3 Å². The van der Waals surface area contributed by atoms with Crippen molar-refractivity contribution in [2.75, 3.05) is 6.61 Å². The van der Waals surface area contributed by atoms with Crippen molar-refractivity contribution in [2.24, 2.45) is 5.92 Å². The predicted molar refractivity (Wildman–Crippen MR) is 69.1 cm³/mol. The molecule has 0 aromatic rings. The standard InChI is InChI=1S/C13H20O3Si/c1-17(2,3)16-12-7-5-4-6-11(12)10-8-13(14)15-9-10/h5,7-8,11-12H,4,6,9H2,1-3H3. The van der Waals surface area contributed by atoms with E-state index in [4.69, 9.17) is 9.16 Å². The zero-order valence-electron chi connectivity index (χ0n) is 10.7. The average Bonchev–Trinajstić information content (AvgIpc) is 2.63. The van der Waals surface area contributed by atoms with Crippen molar-refractivity contribution in [3.05, 3.63) is 23.8 Å². The van der Waals surface area contributed by atoms with Crippen molar-refractivity contribution in [2.45, 2.75) is 38.6 Å². The first-order valence-corrected chi connectivity index (χ1v) is 9.58. The largest absolute Gasteiger partial charge is 0.458 e. The number of allylic oxidation sites excluding steroid dienone is 1. The molecule has 0 saturated carbocycles. The summed E-state index contributed by atoms with van der Waals surface area (Å²) < 4.78 is 11.2. The number of carbonyl (C=O) groups excluding carboxylic acids is 1. The van der Waals surface area contributed by atoms with E-state index in [0.29, 0.717) is 12.5 Å². The summed E-state index contributed by atoms with van der Waals surface area (Å²) in [6.07, 6.45) is 8.20. The third-order valence-corrected chi connectivity index (χ3v) is 4.00. The van der Waals surface area contributed by atoms with E-state index in [-0.39, 0.29) is 12.1 Å². The van der Waals surface area contributed by atoms with Crippen LogP contribution in [-0.4, -0.2) is 27.0 Å². The minimum atomic E-state index is -1.56. The molecule has 0 radical (unpaired) electrons. The van der Waals surface area contributed by atoms with Gasteiger partial charge >= 0.3 is 5.97 Å². The molecule has 0 spiro atoms. The number of hydrogen-bond donors (Lipinski definition) is 0. The molecule has 0 saturated heterocycles. The van der Waals surface area contributed by atoms with E-state index in [9.17, 15) is 4.79 Å². The highest BCUT2D eigenvalue weighted by atomic mass is 28.4. The molecule has 0 N–H and O–H groups in total. The molecule has 1 heterocycles. The number of cyclic esters (lactones) is 1. The number of esters is 1. The normalized spacial score (nSPS) is 29.1. The maximum absolute atomic E-state index is 11.1. The number of ether oxygens (including phenoxy) is 1. The lowest BCUT2D eigenvalue weighted by molar-refractivity contribution is -0.135. The Kier molecular flexibility index (Phi) is 3.54. The minimum Gasteiger partial charge on any atom is -0.458 e. The van der Waals surface area contributed by atoms with Crippen LogP contribution in [0, 0.1) is 5.92 Å². The van der Waals surface area contributed by atoms with Gasteiger partial charge in [-0.05, 0) is 38.1 Å². The van der Waals surface area contributed by atoms with E-state index in [1.54, 1.807) is 6.08 Å². The molecule has 4 heteroatoms. The topological polar surface area (TPSA) is 35.5 Å². The molecule has 17 heavy (non-hydrogen) atoms. The van der Waals surface area contributed by atoms with Crippen LogP contribution < -0.4 is 0 Å². The van der Waals surface area contributed by atoms with Crippen LogP contribution in [0.5, 0.6) is 0 Å². The second-order valence-electron chi connectivity index (χ2n) is 5.63. The summed E-state index contributed by atoms with van der Waals surface area (Å²) >= 11 is 0. The lowest BCUT2D eigenvalue weighted by Gasteiger charge is -2.33. The molecule has 2 unspecified atom stereocenters. The smallest absolute Gasteiger partial charge is 0.331 e. The first-order valence-electron chi connectivity index (χ1n) is 6.17. The molecule has 94 valence electrons. The Labute approximate surface area is 104 Å². The summed E-state index contributed by atoms with van der Waals surface area (Å²) in [7, 11) is -1.56. The molecule has 0 fully saturated rings. The van der Waals surface area contributed by atoms with Crippen LogP contribution in [0.2, 0.25) is 19.6 Å². The van der Waals surface area contributed by atoms with Gasteiger partial charge in [-0.3, -0.25) is 0 Å². The maximum Gasteiger partial charge on any atom is 0.331 e. The van der Waals surface area contributed by atoms with E-state index < -0.39 is 8.32 Å². The van der Waals surface area contributed by atoms with Gasteiger partial charge in [0.25, 0.3) is 0 Å². The lowest BCUT2D eigenvalue weighted by atomic mass is 9.86. The van der Waals surface area contributed by atoms with E-state index in [2.05, 4.69) is 31.8 Å². The molecule has 3 nitrogen and oxygen atoms in total. The summed E-state index contributed by atoms with van der Waals surface area (Å²) in [5.74, 6) is 0.111. The molecule has 2 atom stereocenters. The lowest BCUT2D eigenvalue weighted by Crippen LogP contribution is -2.37. The fourth-order valence-corrected chi connectivity index (χ4v) is 3.39. The monoisotopic (exact) mass is 252 g/mol. The highest BCUT2D eigenvalue weighted by Crippen LogP contribution is 2.32. The Morgan fingerprint density at radius 1 is 1.41 bits per heavy atom. The van der Waals surface area contributed by atoms with Gasteiger partial charge in [-0.15, -0.1) is 0 Å². The zero-order valence-corrected chi connectivity index (χ0v) is 11.7. The maximum atomic E-state index is 11.1. The quantitative estimate of drug-likeness (QED) is 0.440. The van der Waals surface area contributed by atoms with Gasteiger partial charge in [0.15, 0.2) is 8.32 Å². The van der Waals surface area contributed by atoms with Gasteiger partial charge in [0.05, 0.1) is 6.10 Å². The van der Waals surface area contributed by atoms with Crippen LogP contribution in [0.3, 0.4) is 0 Å². The molecule has 0 aromatic carbocycles. The number of rotatable bonds is 3. The molecule has 0 aromatic heterocycles. The molecule has 1 aliphatic carbocycles. The summed E-state index contributed by atoms with van der Waals surface area (Å²) in [5.41, 5.74) is 1.10. The molecular formula is C13H20O3Si. The van der Waals surface area contributed by atoms with Crippen molar-refractivity contribution in [1.29, 1.82) is 0 Å². The van der Waals surface area contributed by atoms with E-state index in [1.807, 2.05) is 0 Å². The van der Waals surface area contributed by atoms with Crippen molar-refractivity contribution in [3.8, 4) is 0 Å². The van der Waals surface area contributed by atoms with E-state index >= 15 is 0 Å². The van der Waals surface area contributed by atoms with Crippen LogP contribution in [0.25, 0.3) is 0 Å².